The number of rotatable bonds is 2. The van der Waals surface area contributed by atoms with Crippen LogP contribution in [0, 0.1) is 13.8 Å². The number of nitrogens with zero attached hydrogens (tertiary/aromatic N) is 2. The van der Waals surface area contributed by atoms with E-state index in [9.17, 15) is 4.79 Å². The van der Waals surface area contributed by atoms with Crippen molar-refractivity contribution in [3.8, 4) is 0 Å². The molecule has 0 spiro atoms. The second-order valence-electron chi connectivity index (χ2n) is 5.08. The lowest BCUT2D eigenvalue weighted by molar-refractivity contribution is 0.103. The van der Waals surface area contributed by atoms with Gasteiger partial charge in [0.2, 0.25) is 5.78 Å². The molecular formula is C17H15N3O. The number of benzene rings is 2. The standard InChI is InChI=1S/C17H15N3O/c1-10-8-9-11(2)15-13(10)14(18)16(20-19-15)17(21)12-6-4-3-5-7-12/h3-9H,1-2H3,(H2,18,19). The Labute approximate surface area is 122 Å². The molecule has 0 aliphatic carbocycles. The number of ketones is 1. The van der Waals surface area contributed by atoms with E-state index in [0.29, 0.717) is 11.3 Å². The van der Waals surface area contributed by atoms with Crippen LogP contribution in [0.4, 0.5) is 5.69 Å². The van der Waals surface area contributed by atoms with E-state index in [1.54, 1.807) is 12.1 Å². The largest absolute Gasteiger partial charge is 0.396 e. The van der Waals surface area contributed by atoms with Crippen LogP contribution < -0.4 is 5.73 Å². The van der Waals surface area contributed by atoms with Gasteiger partial charge in [0.1, 0.15) is 0 Å². The molecule has 0 saturated heterocycles. The molecule has 1 aromatic heterocycles. The number of hydrogen-bond donors (Lipinski definition) is 1. The number of carbonyl (C=O) groups excluding carboxylic acids is 1. The third-order valence-electron chi connectivity index (χ3n) is 3.61. The second kappa shape index (κ2) is 4.98. The van der Waals surface area contributed by atoms with Gasteiger partial charge in [-0.05, 0) is 25.0 Å². The summed E-state index contributed by atoms with van der Waals surface area (Å²) in [5.74, 6) is -0.205. The fraction of sp³-hybridized carbons (Fsp3) is 0.118. The van der Waals surface area contributed by atoms with Crippen molar-refractivity contribution in [2.24, 2.45) is 0 Å². The van der Waals surface area contributed by atoms with Gasteiger partial charge in [0.15, 0.2) is 5.69 Å². The quantitative estimate of drug-likeness (QED) is 0.731. The zero-order valence-corrected chi connectivity index (χ0v) is 11.9. The Balaban J connectivity index is 2.24. The van der Waals surface area contributed by atoms with Crippen LogP contribution in [0.5, 0.6) is 0 Å². The highest BCUT2D eigenvalue weighted by molar-refractivity contribution is 6.14. The Hall–Kier alpha value is -2.75. The van der Waals surface area contributed by atoms with E-state index >= 15 is 0 Å². The van der Waals surface area contributed by atoms with E-state index in [2.05, 4.69) is 10.2 Å². The third-order valence-corrected chi connectivity index (χ3v) is 3.61. The van der Waals surface area contributed by atoms with Crippen molar-refractivity contribution in [1.82, 2.24) is 10.2 Å². The van der Waals surface area contributed by atoms with E-state index in [0.717, 1.165) is 22.0 Å². The van der Waals surface area contributed by atoms with E-state index in [1.807, 2.05) is 44.2 Å². The lowest BCUT2D eigenvalue weighted by Gasteiger charge is -2.10. The molecule has 1 heterocycles. The molecule has 0 amide bonds. The summed E-state index contributed by atoms with van der Waals surface area (Å²) in [7, 11) is 0. The van der Waals surface area contributed by atoms with Crippen molar-refractivity contribution in [3.63, 3.8) is 0 Å². The van der Waals surface area contributed by atoms with Crippen LogP contribution in [-0.2, 0) is 0 Å². The number of nitrogens with two attached hydrogens (primary N) is 1. The van der Waals surface area contributed by atoms with E-state index < -0.39 is 0 Å². The highest BCUT2D eigenvalue weighted by atomic mass is 16.1. The summed E-state index contributed by atoms with van der Waals surface area (Å²) in [6.07, 6.45) is 0. The van der Waals surface area contributed by atoms with Gasteiger partial charge in [0.05, 0.1) is 11.2 Å². The Morgan fingerprint density at radius 3 is 2.33 bits per heavy atom. The molecule has 0 radical (unpaired) electrons. The maximum atomic E-state index is 12.5. The lowest BCUT2D eigenvalue weighted by atomic mass is 10.0. The van der Waals surface area contributed by atoms with Crippen molar-refractivity contribution in [2.75, 3.05) is 5.73 Å². The van der Waals surface area contributed by atoms with Crippen LogP contribution in [0.1, 0.15) is 27.2 Å². The van der Waals surface area contributed by atoms with Crippen LogP contribution in [-0.4, -0.2) is 16.0 Å². The van der Waals surface area contributed by atoms with E-state index in [-0.39, 0.29) is 11.5 Å². The Bertz CT molecular complexity index is 842. The highest BCUT2D eigenvalue weighted by Crippen LogP contribution is 2.28. The molecule has 104 valence electrons. The average Bonchev–Trinajstić information content (AvgIpc) is 2.51. The van der Waals surface area contributed by atoms with Crippen molar-refractivity contribution >= 4 is 22.4 Å². The van der Waals surface area contributed by atoms with Gasteiger partial charge in [-0.3, -0.25) is 4.79 Å². The Morgan fingerprint density at radius 1 is 0.952 bits per heavy atom. The third kappa shape index (κ3) is 2.14. The first-order valence-electron chi connectivity index (χ1n) is 6.71. The molecule has 2 aromatic carbocycles. The van der Waals surface area contributed by atoms with Crippen LogP contribution in [0.15, 0.2) is 42.5 Å². The van der Waals surface area contributed by atoms with Crippen LogP contribution in [0.2, 0.25) is 0 Å². The maximum absolute atomic E-state index is 12.5. The minimum atomic E-state index is -0.205. The molecule has 2 N–H and O–H groups in total. The van der Waals surface area contributed by atoms with Crippen molar-refractivity contribution in [1.29, 1.82) is 0 Å². The Morgan fingerprint density at radius 2 is 1.62 bits per heavy atom. The molecule has 0 aliphatic rings. The number of aryl methyl sites for hydroxylation is 2. The van der Waals surface area contributed by atoms with Gasteiger partial charge in [-0.15, -0.1) is 10.2 Å². The molecule has 0 fully saturated rings. The first-order chi connectivity index (χ1) is 10.1. The molecule has 3 rings (SSSR count). The zero-order valence-electron chi connectivity index (χ0n) is 11.9. The van der Waals surface area contributed by atoms with Crippen molar-refractivity contribution in [3.05, 3.63) is 64.8 Å². The van der Waals surface area contributed by atoms with Crippen molar-refractivity contribution < 1.29 is 4.79 Å². The van der Waals surface area contributed by atoms with E-state index in [1.165, 1.54) is 0 Å². The lowest BCUT2D eigenvalue weighted by Crippen LogP contribution is -2.10. The number of fused-ring (bicyclic) bond motifs is 1. The Kier molecular flexibility index (Phi) is 3.14. The topological polar surface area (TPSA) is 68.9 Å². The summed E-state index contributed by atoms with van der Waals surface area (Å²) in [5.41, 5.74) is 10.1. The summed E-state index contributed by atoms with van der Waals surface area (Å²) in [5, 5.41) is 9.07. The van der Waals surface area contributed by atoms with Gasteiger partial charge < -0.3 is 5.73 Å². The first-order valence-corrected chi connectivity index (χ1v) is 6.71. The fourth-order valence-corrected chi connectivity index (χ4v) is 2.43. The highest BCUT2D eigenvalue weighted by Gasteiger charge is 2.18. The van der Waals surface area contributed by atoms with Gasteiger partial charge in [-0.2, -0.15) is 0 Å². The van der Waals surface area contributed by atoms with Gasteiger partial charge in [-0.25, -0.2) is 0 Å². The summed E-state index contributed by atoms with van der Waals surface area (Å²) >= 11 is 0. The number of aromatic nitrogens is 2. The molecule has 3 aromatic rings. The maximum Gasteiger partial charge on any atom is 0.215 e. The molecule has 0 unspecified atom stereocenters. The number of nitrogen functional groups attached to an aromatic ring is 1. The summed E-state index contributed by atoms with van der Waals surface area (Å²) < 4.78 is 0. The van der Waals surface area contributed by atoms with E-state index in [4.69, 9.17) is 5.73 Å². The predicted octanol–water partition coefficient (Wildman–Crippen LogP) is 3.06. The average molecular weight is 277 g/mol. The summed E-state index contributed by atoms with van der Waals surface area (Å²) in [4.78, 5) is 12.5. The molecular weight excluding hydrogens is 262 g/mol. The smallest absolute Gasteiger partial charge is 0.215 e. The first kappa shape index (κ1) is 13.2. The minimum absolute atomic E-state index is 0.205. The van der Waals surface area contributed by atoms with Gasteiger partial charge in [-0.1, -0.05) is 42.5 Å². The molecule has 21 heavy (non-hydrogen) atoms. The second-order valence-corrected chi connectivity index (χ2v) is 5.08. The zero-order chi connectivity index (χ0) is 15.0. The van der Waals surface area contributed by atoms with Gasteiger partial charge in [0.25, 0.3) is 0 Å². The number of hydrogen-bond acceptors (Lipinski definition) is 4. The normalized spacial score (nSPS) is 10.8. The summed E-state index contributed by atoms with van der Waals surface area (Å²) in [6, 6.07) is 12.9. The monoisotopic (exact) mass is 277 g/mol. The van der Waals surface area contributed by atoms with Gasteiger partial charge >= 0.3 is 0 Å². The molecule has 0 saturated carbocycles. The molecule has 0 aliphatic heterocycles. The molecule has 4 heteroatoms. The molecule has 4 nitrogen and oxygen atoms in total. The van der Waals surface area contributed by atoms with Crippen LogP contribution in [0.3, 0.4) is 0 Å². The minimum Gasteiger partial charge on any atom is -0.396 e. The molecule has 0 bridgehead atoms. The van der Waals surface area contributed by atoms with Crippen LogP contribution in [0.25, 0.3) is 10.9 Å². The molecule has 0 atom stereocenters. The predicted molar refractivity (Wildman–Crippen MR) is 83.3 cm³/mol. The van der Waals surface area contributed by atoms with Crippen molar-refractivity contribution in [2.45, 2.75) is 13.8 Å². The summed E-state index contributed by atoms with van der Waals surface area (Å²) in [6.45, 7) is 3.91. The fourth-order valence-electron chi connectivity index (χ4n) is 2.43. The van der Waals surface area contributed by atoms with Gasteiger partial charge in [0, 0.05) is 10.9 Å². The number of carbonyl (C=O) groups is 1. The number of anilines is 1. The SMILES string of the molecule is Cc1ccc(C)c2c(N)c(C(=O)c3ccccc3)nnc12. The van der Waals surface area contributed by atoms with Crippen LogP contribution >= 0.6 is 0 Å².